The van der Waals surface area contributed by atoms with Crippen LogP contribution in [0.1, 0.15) is 68.7 Å². The first-order valence-corrected chi connectivity index (χ1v) is 8.12. The molecule has 3 rings (SSSR count). The fraction of sp³-hybridized carbons (Fsp3) is 0.625. The number of anilines is 1. The van der Waals surface area contributed by atoms with Gasteiger partial charge in [0.2, 0.25) is 0 Å². The van der Waals surface area contributed by atoms with E-state index in [2.05, 4.69) is 41.2 Å². The third kappa shape index (κ3) is 2.96. The summed E-state index contributed by atoms with van der Waals surface area (Å²) in [4.78, 5) is 13.7. The Bertz CT molecular complexity index is 661. The van der Waals surface area contributed by atoms with Gasteiger partial charge in [0.1, 0.15) is 17.5 Å². The largest absolute Gasteiger partial charge is 0.360 e. The summed E-state index contributed by atoms with van der Waals surface area (Å²) < 4.78 is 2.05. The lowest BCUT2D eigenvalue weighted by Gasteiger charge is -2.23. The second kappa shape index (κ2) is 6.02. The van der Waals surface area contributed by atoms with Crippen molar-refractivity contribution in [3.8, 4) is 0 Å². The SMILES string of the molecule is CCc1cc(NC2CCCn3nc(C(C)C)nc32)nc(C)n1. The highest BCUT2D eigenvalue weighted by Gasteiger charge is 2.25. The van der Waals surface area contributed by atoms with Crippen LogP contribution in [0.25, 0.3) is 0 Å². The highest BCUT2D eigenvalue weighted by atomic mass is 15.4. The topological polar surface area (TPSA) is 68.5 Å². The summed E-state index contributed by atoms with van der Waals surface area (Å²) in [6.45, 7) is 9.26. The van der Waals surface area contributed by atoms with E-state index >= 15 is 0 Å². The van der Waals surface area contributed by atoms with Gasteiger partial charge in [0.15, 0.2) is 5.82 Å². The molecule has 1 unspecified atom stereocenters. The Morgan fingerprint density at radius 1 is 1.32 bits per heavy atom. The number of hydrogen-bond donors (Lipinski definition) is 1. The molecular formula is C16H24N6. The maximum absolute atomic E-state index is 4.74. The maximum Gasteiger partial charge on any atom is 0.153 e. The molecule has 0 saturated carbocycles. The van der Waals surface area contributed by atoms with Crippen molar-refractivity contribution in [1.82, 2.24) is 24.7 Å². The van der Waals surface area contributed by atoms with E-state index in [1.165, 1.54) is 0 Å². The molecule has 1 aliphatic rings. The summed E-state index contributed by atoms with van der Waals surface area (Å²) in [6, 6.07) is 2.21. The van der Waals surface area contributed by atoms with Crippen LogP contribution in [-0.2, 0) is 13.0 Å². The molecule has 0 aliphatic carbocycles. The lowest BCUT2D eigenvalue weighted by Crippen LogP contribution is -2.23. The average molecular weight is 300 g/mol. The number of fused-ring (bicyclic) bond motifs is 1. The van der Waals surface area contributed by atoms with Crippen LogP contribution in [0.15, 0.2) is 6.07 Å². The van der Waals surface area contributed by atoms with Gasteiger partial charge in [-0.25, -0.2) is 19.6 Å². The van der Waals surface area contributed by atoms with Gasteiger partial charge in [-0.1, -0.05) is 20.8 Å². The molecular weight excluding hydrogens is 276 g/mol. The first kappa shape index (κ1) is 14.9. The van der Waals surface area contributed by atoms with Crippen molar-refractivity contribution < 1.29 is 0 Å². The minimum atomic E-state index is 0.174. The Morgan fingerprint density at radius 2 is 2.14 bits per heavy atom. The molecule has 2 aromatic heterocycles. The Labute approximate surface area is 131 Å². The number of nitrogens with one attached hydrogen (secondary N) is 1. The zero-order valence-corrected chi connectivity index (χ0v) is 13.8. The smallest absolute Gasteiger partial charge is 0.153 e. The zero-order chi connectivity index (χ0) is 15.7. The fourth-order valence-electron chi connectivity index (χ4n) is 2.81. The lowest BCUT2D eigenvalue weighted by atomic mass is 10.1. The monoisotopic (exact) mass is 300 g/mol. The van der Waals surface area contributed by atoms with Crippen LogP contribution in [0.2, 0.25) is 0 Å². The van der Waals surface area contributed by atoms with Crippen molar-refractivity contribution in [2.45, 2.75) is 65.5 Å². The third-order valence-electron chi connectivity index (χ3n) is 3.98. The molecule has 0 aromatic carbocycles. The molecule has 22 heavy (non-hydrogen) atoms. The second-order valence-electron chi connectivity index (χ2n) is 6.19. The van der Waals surface area contributed by atoms with Crippen LogP contribution in [0.3, 0.4) is 0 Å². The van der Waals surface area contributed by atoms with Crippen LogP contribution in [0.5, 0.6) is 0 Å². The molecule has 0 amide bonds. The van der Waals surface area contributed by atoms with Crippen molar-refractivity contribution in [1.29, 1.82) is 0 Å². The predicted molar refractivity (Wildman–Crippen MR) is 85.9 cm³/mol. The van der Waals surface area contributed by atoms with E-state index in [1.807, 2.05) is 17.7 Å². The number of nitrogens with zero attached hydrogens (tertiary/aromatic N) is 5. The molecule has 0 saturated heterocycles. The van der Waals surface area contributed by atoms with Crippen LogP contribution in [0, 0.1) is 6.92 Å². The minimum absolute atomic E-state index is 0.174. The first-order valence-electron chi connectivity index (χ1n) is 8.12. The highest BCUT2D eigenvalue weighted by Crippen LogP contribution is 2.28. The Morgan fingerprint density at radius 3 is 2.86 bits per heavy atom. The van der Waals surface area contributed by atoms with E-state index in [0.717, 1.165) is 54.8 Å². The van der Waals surface area contributed by atoms with Gasteiger partial charge < -0.3 is 5.32 Å². The van der Waals surface area contributed by atoms with Crippen molar-refractivity contribution in [2.24, 2.45) is 0 Å². The summed E-state index contributed by atoms with van der Waals surface area (Å²) >= 11 is 0. The van der Waals surface area contributed by atoms with Gasteiger partial charge in [0.05, 0.1) is 6.04 Å². The van der Waals surface area contributed by atoms with E-state index in [-0.39, 0.29) is 6.04 Å². The molecule has 1 N–H and O–H groups in total. The Balaban J connectivity index is 1.87. The summed E-state index contributed by atoms with van der Waals surface area (Å²) in [7, 11) is 0. The van der Waals surface area contributed by atoms with E-state index in [0.29, 0.717) is 5.92 Å². The molecule has 1 aliphatic heterocycles. The molecule has 118 valence electrons. The van der Waals surface area contributed by atoms with E-state index < -0.39 is 0 Å². The van der Waals surface area contributed by atoms with E-state index in [9.17, 15) is 0 Å². The number of hydrogen-bond acceptors (Lipinski definition) is 5. The van der Waals surface area contributed by atoms with Gasteiger partial charge >= 0.3 is 0 Å². The Kier molecular flexibility index (Phi) is 4.09. The van der Waals surface area contributed by atoms with Gasteiger partial charge in [0, 0.05) is 24.2 Å². The normalized spacial score (nSPS) is 17.6. The predicted octanol–water partition coefficient (Wildman–Crippen LogP) is 3.01. The average Bonchev–Trinajstić information content (AvgIpc) is 2.92. The third-order valence-corrected chi connectivity index (χ3v) is 3.98. The van der Waals surface area contributed by atoms with E-state index in [1.54, 1.807) is 0 Å². The zero-order valence-electron chi connectivity index (χ0n) is 13.8. The molecule has 0 spiro atoms. The number of aromatic nitrogens is 5. The second-order valence-corrected chi connectivity index (χ2v) is 6.19. The van der Waals surface area contributed by atoms with Gasteiger partial charge in [-0.2, -0.15) is 5.10 Å². The van der Waals surface area contributed by atoms with Gasteiger partial charge in [-0.05, 0) is 26.2 Å². The van der Waals surface area contributed by atoms with Crippen LogP contribution >= 0.6 is 0 Å². The summed E-state index contributed by atoms with van der Waals surface area (Å²) in [5.41, 5.74) is 1.06. The molecule has 6 heteroatoms. The quantitative estimate of drug-likeness (QED) is 0.940. The van der Waals surface area contributed by atoms with Crippen molar-refractivity contribution >= 4 is 5.82 Å². The summed E-state index contributed by atoms with van der Waals surface area (Å²) in [5.74, 6) is 4.01. The highest BCUT2D eigenvalue weighted by molar-refractivity contribution is 5.38. The molecule has 6 nitrogen and oxygen atoms in total. The van der Waals surface area contributed by atoms with Gasteiger partial charge in [-0.3, -0.25) is 0 Å². The molecule has 3 heterocycles. The van der Waals surface area contributed by atoms with Crippen molar-refractivity contribution in [3.63, 3.8) is 0 Å². The number of aryl methyl sites for hydroxylation is 3. The lowest BCUT2D eigenvalue weighted by molar-refractivity contribution is 0.436. The van der Waals surface area contributed by atoms with Crippen LogP contribution < -0.4 is 5.32 Å². The van der Waals surface area contributed by atoms with Crippen LogP contribution in [0.4, 0.5) is 5.82 Å². The molecule has 0 fully saturated rings. The van der Waals surface area contributed by atoms with Crippen LogP contribution in [-0.4, -0.2) is 24.7 Å². The minimum Gasteiger partial charge on any atom is -0.360 e. The van der Waals surface area contributed by atoms with Crippen molar-refractivity contribution in [3.05, 3.63) is 29.2 Å². The van der Waals surface area contributed by atoms with Gasteiger partial charge in [-0.15, -0.1) is 0 Å². The number of rotatable bonds is 4. The standard InChI is InChI=1S/C16H24N6/c1-5-12-9-14(18-11(4)17-12)19-13-7-6-8-22-16(13)20-15(21-22)10(2)3/h9-10,13H,5-8H2,1-4H3,(H,17,18,19). The molecule has 0 bridgehead atoms. The molecule has 1 atom stereocenters. The molecule has 2 aromatic rings. The van der Waals surface area contributed by atoms with E-state index in [4.69, 9.17) is 4.98 Å². The Hall–Kier alpha value is -1.98. The fourth-order valence-corrected chi connectivity index (χ4v) is 2.81. The van der Waals surface area contributed by atoms with Crippen molar-refractivity contribution in [2.75, 3.05) is 5.32 Å². The molecule has 0 radical (unpaired) electrons. The first-order chi connectivity index (χ1) is 10.6. The summed E-state index contributed by atoms with van der Waals surface area (Å²) in [5, 5.41) is 8.16. The van der Waals surface area contributed by atoms with Gasteiger partial charge in [0.25, 0.3) is 0 Å². The maximum atomic E-state index is 4.74. The summed E-state index contributed by atoms with van der Waals surface area (Å²) in [6.07, 6.45) is 3.08.